The van der Waals surface area contributed by atoms with Crippen LogP contribution >= 0.6 is 11.3 Å². The first-order valence-corrected chi connectivity index (χ1v) is 6.60. The van der Waals surface area contributed by atoms with E-state index in [1.165, 1.54) is 35.4 Å². The average Bonchev–Trinajstić information content (AvgIpc) is 2.64. The van der Waals surface area contributed by atoms with E-state index in [2.05, 4.69) is 24.4 Å². The molecule has 0 bridgehead atoms. The second-order valence-corrected chi connectivity index (χ2v) is 5.88. The largest absolute Gasteiger partial charge is 0.328 e. The highest BCUT2D eigenvalue weighted by Crippen LogP contribution is 2.19. The number of rotatable bonds is 3. The van der Waals surface area contributed by atoms with Gasteiger partial charge < -0.3 is 11.1 Å². The van der Waals surface area contributed by atoms with Crippen LogP contribution in [0.5, 0.6) is 0 Å². The van der Waals surface area contributed by atoms with Crippen molar-refractivity contribution in [1.29, 1.82) is 0 Å². The third-order valence-electron chi connectivity index (χ3n) is 3.13. The molecule has 0 aromatic carbocycles. The Balaban J connectivity index is 1.74. The summed E-state index contributed by atoms with van der Waals surface area (Å²) in [7, 11) is 0. The average molecular weight is 224 g/mol. The predicted octanol–water partition coefficient (Wildman–Crippen LogP) is 2.42. The van der Waals surface area contributed by atoms with Gasteiger partial charge in [0.15, 0.2) is 0 Å². The Morgan fingerprint density at radius 1 is 1.33 bits per heavy atom. The molecule has 0 spiro atoms. The minimum absolute atomic E-state index is 0.451. The molecule has 1 aromatic heterocycles. The van der Waals surface area contributed by atoms with Gasteiger partial charge in [0.05, 0.1) is 0 Å². The standard InChI is InChI=1S/C12H20N2S/c1-9-2-7-12(15-9)8-14-11-5-3-10(13)4-6-11/h2,7,10-11,14H,3-6,8,13H2,1H3. The van der Waals surface area contributed by atoms with Gasteiger partial charge in [-0.05, 0) is 44.7 Å². The summed E-state index contributed by atoms with van der Waals surface area (Å²) in [4.78, 5) is 2.85. The van der Waals surface area contributed by atoms with Crippen molar-refractivity contribution in [2.75, 3.05) is 0 Å². The lowest BCUT2D eigenvalue weighted by Gasteiger charge is -2.26. The molecule has 1 aliphatic rings. The predicted molar refractivity (Wildman–Crippen MR) is 66.1 cm³/mol. The van der Waals surface area contributed by atoms with Gasteiger partial charge in [-0.15, -0.1) is 11.3 Å². The van der Waals surface area contributed by atoms with Crippen molar-refractivity contribution in [2.24, 2.45) is 5.73 Å². The van der Waals surface area contributed by atoms with Crippen LogP contribution < -0.4 is 11.1 Å². The molecule has 1 aliphatic carbocycles. The SMILES string of the molecule is Cc1ccc(CNC2CCC(N)CC2)s1. The fraction of sp³-hybridized carbons (Fsp3) is 0.667. The Labute approximate surface area is 95.9 Å². The van der Waals surface area contributed by atoms with E-state index < -0.39 is 0 Å². The first-order valence-electron chi connectivity index (χ1n) is 5.78. The maximum absolute atomic E-state index is 5.88. The molecule has 3 N–H and O–H groups in total. The molecule has 0 unspecified atom stereocenters. The van der Waals surface area contributed by atoms with Gasteiger partial charge in [-0.25, -0.2) is 0 Å². The highest BCUT2D eigenvalue weighted by atomic mass is 32.1. The minimum atomic E-state index is 0.451. The summed E-state index contributed by atoms with van der Waals surface area (Å²) in [5.74, 6) is 0. The normalized spacial score (nSPS) is 26.8. The van der Waals surface area contributed by atoms with Crippen LogP contribution in [-0.2, 0) is 6.54 Å². The third kappa shape index (κ3) is 3.30. The van der Waals surface area contributed by atoms with Gasteiger partial charge in [-0.2, -0.15) is 0 Å². The Hall–Kier alpha value is -0.380. The van der Waals surface area contributed by atoms with Crippen LogP contribution in [0.1, 0.15) is 35.4 Å². The molecule has 1 heterocycles. The van der Waals surface area contributed by atoms with Crippen LogP contribution in [0, 0.1) is 6.92 Å². The van der Waals surface area contributed by atoms with E-state index in [0.29, 0.717) is 12.1 Å². The molecule has 1 aromatic rings. The lowest BCUT2D eigenvalue weighted by atomic mass is 9.92. The Bertz CT molecular complexity index is 300. The van der Waals surface area contributed by atoms with Gasteiger partial charge in [0.2, 0.25) is 0 Å². The quantitative estimate of drug-likeness (QED) is 0.827. The van der Waals surface area contributed by atoms with Crippen molar-refractivity contribution in [3.05, 3.63) is 21.9 Å². The number of aryl methyl sites for hydroxylation is 1. The van der Waals surface area contributed by atoms with Gasteiger partial charge in [-0.3, -0.25) is 0 Å². The zero-order chi connectivity index (χ0) is 10.7. The smallest absolute Gasteiger partial charge is 0.0302 e. The van der Waals surface area contributed by atoms with E-state index >= 15 is 0 Å². The van der Waals surface area contributed by atoms with Gasteiger partial charge in [-0.1, -0.05) is 0 Å². The topological polar surface area (TPSA) is 38.0 Å². The molecule has 1 fully saturated rings. The summed E-state index contributed by atoms with van der Waals surface area (Å²) in [6.45, 7) is 3.19. The van der Waals surface area contributed by atoms with E-state index in [4.69, 9.17) is 5.73 Å². The molecular weight excluding hydrogens is 204 g/mol. The number of hydrogen-bond donors (Lipinski definition) is 2. The molecule has 0 amide bonds. The molecule has 2 nitrogen and oxygen atoms in total. The Kier molecular flexibility index (Phi) is 3.78. The molecule has 2 rings (SSSR count). The fourth-order valence-corrected chi connectivity index (χ4v) is 2.99. The van der Waals surface area contributed by atoms with E-state index in [-0.39, 0.29) is 0 Å². The van der Waals surface area contributed by atoms with Gasteiger partial charge in [0, 0.05) is 28.4 Å². The van der Waals surface area contributed by atoms with Crippen molar-refractivity contribution in [3.8, 4) is 0 Å². The van der Waals surface area contributed by atoms with Gasteiger partial charge in [0.25, 0.3) is 0 Å². The lowest BCUT2D eigenvalue weighted by molar-refractivity contribution is 0.342. The second-order valence-electron chi connectivity index (χ2n) is 4.50. The first-order chi connectivity index (χ1) is 7.24. The summed E-state index contributed by atoms with van der Waals surface area (Å²) in [5, 5.41) is 3.63. The van der Waals surface area contributed by atoms with Crippen LogP contribution in [0.15, 0.2) is 12.1 Å². The van der Waals surface area contributed by atoms with Crippen LogP contribution in [-0.4, -0.2) is 12.1 Å². The van der Waals surface area contributed by atoms with Crippen molar-refractivity contribution >= 4 is 11.3 Å². The van der Waals surface area contributed by atoms with Crippen LogP contribution in [0.3, 0.4) is 0 Å². The summed E-state index contributed by atoms with van der Waals surface area (Å²) >= 11 is 1.89. The van der Waals surface area contributed by atoms with Gasteiger partial charge in [0.1, 0.15) is 0 Å². The maximum atomic E-state index is 5.88. The van der Waals surface area contributed by atoms with Crippen molar-refractivity contribution < 1.29 is 0 Å². The molecule has 1 saturated carbocycles. The summed E-state index contributed by atoms with van der Waals surface area (Å²) in [6, 6.07) is 5.55. The molecule has 3 heteroatoms. The molecule has 0 radical (unpaired) electrons. The number of hydrogen-bond acceptors (Lipinski definition) is 3. The zero-order valence-corrected chi connectivity index (χ0v) is 10.1. The molecule has 15 heavy (non-hydrogen) atoms. The highest BCUT2D eigenvalue weighted by molar-refractivity contribution is 7.11. The van der Waals surface area contributed by atoms with E-state index in [0.717, 1.165) is 6.54 Å². The summed E-state index contributed by atoms with van der Waals surface area (Å²) in [5.41, 5.74) is 5.88. The second kappa shape index (κ2) is 5.10. The number of nitrogens with one attached hydrogen (secondary N) is 1. The monoisotopic (exact) mass is 224 g/mol. The minimum Gasteiger partial charge on any atom is -0.328 e. The van der Waals surface area contributed by atoms with E-state index in [1.54, 1.807) is 0 Å². The van der Waals surface area contributed by atoms with Crippen molar-refractivity contribution in [2.45, 2.75) is 51.2 Å². The molecule has 0 atom stereocenters. The number of nitrogens with two attached hydrogens (primary N) is 1. The third-order valence-corrected chi connectivity index (χ3v) is 4.13. The lowest BCUT2D eigenvalue weighted by Crippen LogP contribution is -2.36. The van der Waals surface area contributed by atoms with Crippen molar-refractivity contribution in [1.82, 2.24) is 5.32 Å². The molecule has 0 aliphatic heterocycles. The van der Waals surface area contributed by atoms with Gasteiger partial charge >= 0.3 is 0 Å². The Morgan fingerprint density at radius 2 is 2.07 bits per heavy atom. The van der Waals surface area contributed by atoms with E-state index in [9.17, 15) is 0 Å². The number of thiophene rings is 1. The highest BCUT2D eigenvalue weighted by Gasteiger charge is 2.17. The van der Waals surface area contributed by atoms with E-state index in [1.807, 2.05) is 11.3 Å². The molecule has 0 saturated heterocycles. The molecular formula is C12H20N2S. The Morgan fingerprint density at radius 3 is 2.67 bits per heavy atom. The zero-order valence-electron chi connectivity index (χ0n) is 9.33. The molecule has 84 valence electrons. The summed E-state index contributed by atoms with van der Waals surface area (Å²) < 4.78 is 0. The summed E-state index contributed by atoms with van der Waals surface area (Å²) in [6.07, 6.45) is 4.85. The maximum Gasteiger partial charge on any atom is 0.0302 e. The van der Waals surface area contributed by atoms with Crippen LogP contribution in [0.2, 0.25) is 0 Å². The fourth-order valence-electron chi connectivity index (χ4n) is 2.15. The van der Waals surface area contributed by atoms with Crippen molar-refractivity contribution in [3.63, 3.8) is 0 Å². The first kappa shape index (κ1) is 11.1. The van der Waals surface area contributed by atoms with Crippen LogP contribution in [0.4, 0.5) is 0 Å². The van der Waals surface area contributed by atoms with Crippen LogP contribution in [0.25, 0.3) is 0 Å².